The first-order valence-electron chi connectivity index (χ1n) is 7.40. The second-order valence-corrected chi connectivity index (χ2v) is 5.66. The van der Waals surface area contributed by atoms with Crippen LogP contribution in [0.5, 0.6) is 0 Å². The molecule has 1 heterocycles. The predicted octanol–water partition coefficient (Wildman–Crippen LogP) is 3.01. The van der Waals surface area contributed by atoms with Gasteiger partial charge in [-0.15, -0.1) is 0 Å². The molecule has 0 spiro atoms. The molecule has 2 aromatic rings. The van der Waals surface area contributed by atoms with Gasteiger partial charge in [-0.3, -0.25) is 0 Å². The molecule has 1 atom stereocenters. The topological polar surface area (TPSA) is 38.0 Å². The summed E-state index contributed by atoms with van der Waals surface area (Å²) in [5.74, 6) is 0. The van der Waals surface area contributed by atoms with Crippen LogP contribution < -0.4 is 11.1 Å². The minimum atomic E-state index is 0.0493. The van der Waals surface area contributed by atoms with Gasteiger partial charge in [0, 0.05) is 11.5 Å². The molecule has 0 aliphatic carbocycles. The van der Waals surface area contributed by atoms with E-state index in [2.05, 4.69) is 59.9 Å². The minimum Gasteiger partial charge on any atom is -0.323 e. The Hall–Kier alpha value is -1.64. The molecule has 3 rings (SSSR count). The van der Waals surface area contributed by atoms with Gasteiger partial charge >= 0.3 is 0 Å². The number of piperidine rings is 1. The van der Waals surface area contributed by atoms with Crippen molar-refractivity contribution in [3.8, 4) is 0 Å². The molecule has 2 heteroatoms. The molecule has 2 nitrogen and oxygen atoms in total. The highest BCUT2D eigenvalue weighted by Gasteiger charge is 2.40. The van der Waals surface area contributed by atoms with E-state index in [0.717, 1.165) is 25.9 Å². The van der Waals surface area contributed by atoms with Gasteiger partial charge in [0.15, 0.2) is 0 Å². The van der Waals surface area contributed by atoms with Gasteiger partial charge in [-0.25, -0.2) is 0 Å². The van der Waals surface area contributed by atoms with Crippen molar-refractivity contribution in [2.45, 2.75) is 24.3 Å². The van der Waals surface area contributed by atoms with Crippen LogP contribution in [-0.4, -0.2) is 13.1 Å². The maximum absolute atomic E-state index is 6.71. The smallest absolute Gasteiger partial charge is 0.0394 e. The Morgan fingerprint density at radius 2 is 1.40 bits per heavy atom. The summed E-state index contributed by atoms with van der Waals surface area (Å²) in [5, 5.41) is 3.46. The molecule has 0 bridgehead atoms. The molecule has 1 saturated heterocycles. The van der Waals surface area contributed by atoms with Gasteiger partial charge in [0.1, 0.15) is 0 Å². The Morgan fingerprint density at radius 3 is 2.00 bits per heavy atom. The summed E-state index contributed by atoms with van der Waals surface area (Å²) in [6, 6.07) is 21.3. The lowest BCUT2D eigenvalue weighted by atomic mass is 9.66. The average molecular weight is 266 g/mol. The van der Waals surface area contributed by atoms with Gasteiger partial charge < -0.3 is 11.1 Å². The van der Waals surface area contributed by atoms with Gasteiger partial charge in [0.25, 0.3) is 0 Å². The van der Waals surface area contributed by atoms with Crippen molar-refractivity contribution >= 4 is 0 Å². The number of nitrogens with two attached hydrogens (primary N) is 1. The number of hydrogen-bond acceptors (Lipinski definition) is 2. The highest BCUT2D eigenvalue weighted by molar-refractivity contribution is 5.33. The zero-order chi connectivity index (χ0) is 13.8. The number of rotatable bonds is 3. The summed E-state index contributed by atoms with van der Waals surface area (Å²) >= 11 is 0. The molecular formula is C18H22N2. The van der Waals surface area contributed by atoms with Crippen molar-refractivity contribution in [3.63, 3.8) is 0 Å². The summed E-state index contributed by atoms with van der Waals surface area (Å²) in [6.45, 7) is 2.07. The zero-order valence-corrected chi connectivity index (χ0v) is 11.8. The maximum atomic E-state index is 6.71. The third-order valence-corrected chi connectivity index (χ3v) is 4.60. The Balaban J connectivity index is 2.02. The van der Waals surface area contributed by atoms with E-state index in [1.54, 1.807) is 0 Å². The second-order valence-electron chi connectivity index (χ2n) is 5.66. The quantitative estimate of drug-likeness (QED) is 0.896. The van der Waals surface area contributed by atoms with Crippen molar-refractivity contribution in [2.75, 3.05) is 13.1 Å². The SMILES string of the molecule is NC(c1ccccc1)C1(c2ccccc2)CCNCC1. The third-order valence-electron chi connectivity index (χ3n) is 4.60. The van der Waals surface area contributed by atoms with E-state index in [9.17, 15) is 0 Å². The highest BCUT2D eigenvalue weighted by atomic mass is 14.9. The van der Waals surface area contributed by atoms with Crippen molar-refractivity contribution in [3.05, 3.63) is 71.8 Å². The van der Waals surface area contributed by atoms with Gasteiger partial charge in [-0.05, 0) is 37.1 Å². The number of nitrogens with one attached hydrogen (secondary N) is 1. The van der Waals surface area contributed by atoms with Crippen LogP contribution in [0, 0.1) is 0 Å². The average Bonchev–Trinajstić information content (AvgIpc) is 2.56. The summed E-state index contributed by atoms with van der Waals surface area (Å²) in [6.07, 6.45) is 2.18. The molecule has 0 aromatic heterocycles. The lowest BCUT2D eigenvalue weighted by Gasteiger charge is -2.43. The molecule has 20 heavy (non-hydrogen) atoms. The van der Waals surface area contributed by atoms with E-state index in [4.69, 9.17) is 5.73 Å². The minimum absolute atomic E-state index is 0.0493. The maximum Gasteiger partial charge on any atom is 0.0394 e. The van der Waals surface area contributed by atoms with Crippen LogP contribution in [0.15, 0.2) is 60.7 Å². The fraction of sp³-hybridized carbons (Fsp3) is 0.333. The van der Waals surface area contributed by atoms with Crippen LogP contribution in [0.2, 0.25) is 0 Å². The normalized spacial score (nSPS) is 19.4. The zero-order valence-electron chi connectivity index (χ0n) is 11.8. The fourth-order valence-corrected chi connectivity index (χ4v) is 3.40. The molecular weight excluding hydrogens is 244 g/mol. The molecule has 1 unspecified atom stereocenters. The summed E-state index contributed by atoms with van der Waals surface area (Å²) < 4.78 is 0. The van der Waals surface area contributed by atoms with Crippen LogP contribution in [0.25, 0.3) is 0 Å². The molecule has 104 valence electrons. The Morgan fingerprint density at radius 1 is 0.850 bits per heavy atom. The van der Waals surface area contributed by atoms with Crippen LogP contribution in [-0.2, 0) is 5.41 Å². The van der Waals surface area contributed by atoms with Gasteiger partial charge in [0.2, 0.25) is 0 Å². The van der Waals surface area contributed by atoms with E-state index in [-0.39, 0.29) is 11.5 Å². The molecule has 1 aliphatic heterocycles. The first-order valence-corrected chi connectivity index (χ1v) is 7.40. The van der Waals surface area contributed by atoms with E-state index in [0.29, 0.717) is 0 Å². The predicted molar refractivity (Wildman–Crippen MR) is 83.6 cm³/mol. The van der Waals surface area contributed by atoms with E-state index < -0.39 is 0 Å². The third kappa shape index (κ3) is 2.37. The number of hydrogen-bond donors (Lipinski definition) is 2. The molecule has 3 N–H and O–H groups in total. The summed E-state index contributed by atoms with van der Waals surface area (Å²) in [5.41, 5.74) is 9.37. The van der Waals surface area contributed by atoms with Crippen LogP contribution in [0.3, 0.4) is 0 Å². The van der Waals surface area contributed by atoms with Gasteiger partial charge in [0.05, 0.1) is 0 Å². The largest absolute Gasteiger partial charge is 0.323 e. The monoisotopic (exact) mass is 266 g/mol. The van der Waals surface area contributed by atoms with E-state index >= 15 is 0 Å². The summed E-state index contributed by atoms with van der Waals surface area (Å²) in [4.78, 5) is 0. The molecule has 1 fully saturated rings. The first-order chi connectivity index (χ1) is 9.83. The van der Waals surface area contributed by atoms with E-state index in [1.165, 1.54) is 11.1 Å². The summed E-state index contributed by atoms with van der Waals surface area (Å²) in [7, 11) is 0. The van der Waals surface area contributed by atoms with Gasteiger partial charge in [-0.1, -0.05) is 60.7 Å². The lowest BCUT2D eigenvalue weighted by Crippen LogP contribution is -2.46. The second kappa shape index (κ2) is 5.78. The van der Waals surface area contributed by atoms with Crippen molar-refractivity contribution in [1.82, 2.24) is 5.32 Å². The fourth-order valence-electron chi connectivity index (χ4n) is 3.40. The number of benzene rings is 2. The van der Waals surface area contributed by atoms with Crippen LogP contribution in [0.4, 0.5) is 0 Å². The van der Waals surface area contributed by atoms with Crippen LogP contribution in [0.1, 0.15) is 30.0 Å². The first kappa shape index (κ1) is 13.3. The Bertz CT molecular complexity index is 530. The van der Waals surface area contributed by atoms with E-state index in [1.807, 2.05) is 6.07 Å². The Labute approximate surface area is 121 Å². The standard InChI is InChI=1S/C18H22N2/c19-17(15-7-3-1-4-8-15)18(11-13-20-14-12-18)16-9-5-2-6-10-16/h1-10,17,20H,11-14,19H2. The molecule has 0 amide bonds. The molecule has 1 aliphatic rings. The highest BCUT2D eigenvalue weighted by Crippen LogP contribution is 2.42. The molecule has 2 aromatic carbocycles. The molecule has 0 saturated carbocycles. The van der Waals surface area contributed by atoms with Gasteiger partial charge in [-0.2, -0.15) is 0 Å². The van der Waals surface area contributed by atoms with Crippen molar-refractivity contribution < 1.29 is 0 Å². The Kier molecular flexibility index (Phi) is 3.86. The van der Waals surface area contributed by atoms with Crippen molar-refractivity contribution in [1.29, 1.82) is 0 Å². The van der Waals surface area contributed by atoms with Crippen molar-refractivity contribution in [2.24, 2.45) is 5.73 Å². The lowest BCUT2D eigenvalue weighted by molar-refractivity contribution is 0.256. The molecule has 0 radical (unpaired) electrons. The van der Waals surface area contributed by atoms with Crippen LogP contribution >= 0.6 is 0 Å².